The van der Waals surface area contributed by atoms with E-state index in [2.05, 4.69) is 4.98 Å². The molecule has 0 spiro atoms. The highest BCUT2D eigenvalue weighted by Crippen LogP contribution is 2.39. The van der Waals surface area contributed by atoms with E-state index in [9.17, 15) is 18.0 Å². The number of benzene rings is 1. The number of fused-ring (bicyclic) bond motifs is 1. The number of likely N-dealkylation sites (tertiary alicyclic amines) is 1. The van der Waals surface area contributed by atoms with Gasteiger partial charge in [0.1, 0.15) is 0 Å². The van der Waals surface area contributed by atoms with Crippen LogP contribution < -0.4 is 0 Å². The van der Waals surface area contributed by atoms with Gasteiger partial charge in [0.2, 0.25) is 5.91 Å². The first-order valence-corrected chi connectivity index (χ1v) is 9.44. The molecule has 2 aliphatic rings. The molecule has 28 heavy (non-hydrogen) atoms. The Morgan fingerprint density at radius 1 is 1.18 bits per heavy atom. The zero-order chi connectivity index (χ0) is 19.9. The van der Waals surface area contributed by atoms with Crippen molar-refractivity contribution in [3.63, 3.8) is 0 Å². The second-order valence-electron chi connectivity index (χ2n) is 7.55. The van der Waals surface area contributed by atoms with Crippen molar-refractivity contribution in [2.45, 2.75) is 38.3 Å². The second kappa shape index (κ2) is 7.08. The number of carbonyl (C=O) groups is 1. The normalized spacial score (nSPS) is 17.4. The first kappa shape index (κ1) is 18.7. The Kier molecular flexibility index (Phi) is 4.73. The summed E-state index contributed by atoms with van der Waals surface area (Å²) in [5, 5.41) is 0. The summed E-state index contributed by atoms with van der Waals surface area (Å²) in [6, 6.07) is 7.82. The molecule has 0 atom stereocenters. The number of nitrogens with zero attached hydrogens (tertiary/aromatic N) is 2. The van der Waals surface area contributed by atoms with Gasteiger partial charge in [0.25, 0.3) is 0 Å². The standard InChI is InChI=1S/C22H21F3N2O/c1-14-10-16-11-17(12-20(16)26-13-14)21(28)27-8-6-15(7-9-27)18-4-2-3-5-19(18)22(23,24)25/h2-5,10,12-13,15H,6-9,11H2,1H3. The first-order chi connectivity index (χ1) is 13.3. The van der Waals surface area contributed by atoms with E-state index in [4.69, 9.17) is 0 Å². The number of hydrogen-bond donors (Lipinski definition) is 0. The van der Waals surface area contributed by atoms with Crippen molar-refractivity contribution < 1.29 is 18.0 Å². The minimum Gasteiger partial charge on any atom is -0.339 e. The van der Waals surface area contributed by atoms with Crippen LogP contribution in [0.4, 0.5) is 13.2 Å². The smallest absolute Gasteiger partial charge is 0.339 e. The highest BCUT2D eigenvalue weighted by molar-refractivity contribution is 6.00. The predicted octanol–water partition coefficient (Wildman–Crippen LogP) is 4.75. The van der Waals surface area contributed by atoms with E-state index in [0.717, 1.165) is 22.9 Å². The lowest BCUT2D eigenvalue weighted by Gasteiger charge is -2.33. The third-order valence-corrected chi connectivity index (χ3v) is 5.59. The monoisotopic (exact) mass is 386 g/mol. The summed E-state index contributed by atoms with van der Waals surface area (Å²) in [5.74, 6) is -0.209. The summed E-state index contributed by atoms with van der Waals surface area (Å²) < 4.78 is 39.9. The second-order valence-corrected chi connectivity index (χ2v) is 7.55. The Bertz CT molecular complexity index is 941. The topological polar surface area (TPSA) is 33.2 Å². The van der Waals surface area contributed by atoms with E-state index in [0.29, 0.717) is 43.5 Å². The average molecular weight is 386 g/mol. The summed E-state index contributed by atoms with van der Waals surface area (Å²) in [6.45, 7) is 2.91. The van der Waals surface area contributed by atoms with Crippen LogP contribution in [0.2, 0.25) is 0 Å². The van der Waals surface area contributed by atoms with E-state index in [-0.39, 0.29) is 11.8 Å². The fraction of sp³-hybridized carbons (Fsp3) is 0.364. The SMILES string of the molecule is Cc1cnc2c(c1)CC(C(=O)N1CCC(c3ccccc3C(F)(F)F)CC1)=C2. The van der Waals surface area contributed by atoms with Gasteiger partial charge in [-0.1, -0.05) is 24.3 Å². The third kappa shape index (κ3) is 3.55. The number of halogens is 3. The number of amides is 1. The zero-order valence-corrected chi connectivity index (χ0v) is 15.6. The van der Waals surface area contributed by atoms with E-state index < -0.39 is 11.7 Å². The van der Waals surface area contributed by atoms with Gasteiger partial charge in [-0.15, -0.1) is 0 Å². The van der Waals surface area contributed by atoms with Gasteiger partial charge in [-0.25, -0.2) is 0 Å². The number of aryl methyl sites for hydroxylation is 1. The molecule has 0 unspecified atom stereocenters. The Balaban J connectivity index is 1.44. The van der Waals surface area contributed by atoms with Crippen molar-refractivity contribution in [2.75, 3.05) is 13.1 Å². The van der Waals surface area contributed by atoms with Crippen LogP contribution in [0.25, 0.3) is 6.08 Å². The number of hydrogen-bond acceptors (Lipinski definition) is 2. The molecule has 2 aromatic rings. The molecule has 2 heterocycles. The van der Waals surface area contributed by atoms with Crippen molar-refractivity contribution in [1.29, 1.82) is 0 Å². The third-order valence-electron chi connectivity index (χ3n) is 5.59. The van der Waals surface area contributed by atoms with Gasteiger partial charge in [-0.2, -0.15) is 13.2 Å². The molecule has 1 saturated heterocycles. The van der Waals surface area contributed by atoms with Crippen LogP contribution in [-0.2, 0) is 17.4 Å². The first-order valence-electron chi connectivity index (χ1n) is 9.44. The van der Waals surface area contributed by atoms with Crippen LogP contribution in [0.3, 0.4) is 0 Å². The fourth-order valence-corrected chi connectivity index (χ4v) is 4.18. The lowest BCUT2D eigenvalue weighted by atomic mass is 9.86. The van der Waals surface area contributed by atoms with Crippen LogP contribution in [0.1, 0.15) is 46.7 Å². The van der Waals surface area contributed by atoms with Gasteiger partial charge >= 0.3 is 6.18 Å². The highest BCUT2D eigenvalue weighted by atomic mass is 19.4. The van der Waals surface area contributed by atoms with Crippen LogP contribution in [-0.4, -0.2) is 28.9 Å². The molecule has 1 amide bonds. The average Bonchev–Trinajstić information content (AvgIpc) is 3.10. The number of pyridine rings is 1. The molecular weight excluding hydrogens is 365 g/mol. The molecule has 1 aromatic carbocycles. The Hall–Kier alpha value is -2.63. The molecule has 1 aliphatic carbocycles. The molecule has 1 aliphatic heterocycles. The predicted molar refractivity (Wildman–Crippen MR) is 101 cm³/mol. The largest absolute Gasteiger partial charge is 0.416 e. The lowest BCUT2D eigenvalue weighted by molar-refractivity contribution is -0.138. The maximum atomic E-state index is 13.3. The number of aromatic nitrogens is 1. The van der Waals surface area contributed by atoms with E-state index in [1.54, 1.807) is 23.2 Å². The Labute approximate surface area is 161 Å². The molecule has 0 bridgehead atoms. The molecule has 0 radical (unpaired) electrons. The molecule has 4 rings (SSSR count). The van der Waals surface area contributed by atoms with E-state index in [1.807, 2.05) is 19.1 Å². The lowest BCUT2D eigenvalue weighted by Crippen LogP contribution is -2.39. The summed E-state index contributed by atoms with van der Waals surface area (Å²) in [5.41, 5.74) is 3.44. The Morgan fingerprint density at radius 2 is 1.89 bits per heavy atom. The van der Waals surface area contributed by atoms with E-state index >= 15 is 0 Å². The molecule has 0 N–H and O–H groups in total. The van der Waals surface area contributed by atoms with Crippen molar-refractivity contribution in [3.8, 4) is 0 Å². The van der Waals surface area contributed by atoms with Gasteiger partial charge in [0, 0.05) is 31.3 Å². The van der Waals surface area contributed by atoms with Gasteiger partial charge < -0.3 is 4.90 Å². The molecule has 3 nitrogen and oxygen atoms in total. The van der Waals surface area contributed by atoms with E-state index in [1.165, 1.54) is 6.07 Å². The van der Waals surface area contributed by atoms with Crippen LogP contribution >= 0.6 is 0 Å². The Morgan fingerprint density at radius 3 is 2.61 bits per heavy atom. The quantitative estimate of drug-likeness (QED) is 0.746. The van der Waals surface area contributed by atoms with Gasteiger partial charge in [-0.05, 0) is 54.5 Å². The van der Waals surface area contributed by atoms with Crippen LogP contribution in [0, 0.1) is 6.92 Å². The van der Waals surface area contributed by atoms with Gasteiger partial charge in [0.05, 0.1) is 11.3 Å². The maximum Gasteiger partial charge on any atom is 0.416 e. The fourth-order valence-electron chi connectivity index (χ4n) is 4.18. The molecule has 1 fully saturated rings. The minimum atomic E-state index is -4.35. The molecular formula is C22H21F3N2O. The number of piperidine rings is 1. The molecule has 146 valence electrons. The van der Waals surface area contributed by atoms with Crippen LogP contribution in [0.5, 0.6) is 0 Å². The van der Waals surface area contributed by atoms with Crippen molar-refractivity contribution in [2.24, 2.45) is 0 Å². The molecule has 6 heteroatoms. The van der Waals surface area contributed by atoms with Crippen molar-refractivity contribution in [3.05, 3.63) is 70.0 Å². The summed E-state index contributed by atoms with van der Waals surface area (Å²) in [7, 11) is 0. The molecule has 1 aromatic heterocycles. The minimum absolute atomic E-state index is 0.0294. The number of alkyl halides is 3. The highest BCUT2D eigenvalue weighted by Gasteiger charge is 2.36. The van der Waals surface area contributed by atoms with Crippen molar-refractivity contribution in [1.82, 2.24) is 9.88 Å². The summed E-state index contributed by atoms with van der Waals surface area (Å²) >= 11 is 0. The maximum absolute atomic E-state index is 13.3. The summed E-state index contributed by atoms with van der Waals surface area (Å²) in [6.07, 6.45) is 0.913. The summed E-state index contributed by atoms with van der Waals surface area (Å²) in [4.78, 5) is 19.0. The van der Waals surface area contributed by atoms with Gasteiger partial charge in [-0.3, -0.25) is 9.78 Å². The van der Waals surface area contributed by atoms with Crippen LogP contribution in [0.15, 0.2) is 42.1 Å². The number of rotatable bonds is 2. The molecule has 0 saturated carbocycles. The van der Waals surface area contributed by atoms with Crippen molar-refractivity contribution >= 4 is 12.0 Å². The number of carbonyl (C=O) groups excluding carboxylic acids is 1. The van der Waals surface area contributed by atoms with Gasteiger partial charge in [0.15, 0.2) is 0 Å². The zero-order valence-electron chi connectivity index (χ0n) is 15.6.